The monoisotopic (exact) mass is 467 g/mol. The van der Waals surface area contributed by atoms with E-state index in [9.17, 15) is 26.3 Å². The Morgan fingerprint density at radius 1 is 0.970 bits per heavy atom. The second kappa shape index (κ2) is 10.4. The number of ether oxygens (including phenoxy) is 2. The Bertz CT molecular complexity index is 1080. The summed E-state index contributed by atoms with van der Waals surface area (Å²) in [6.45, 7) is 1.97. The van der Waals surface area contributed by atoms with E-state index >= 15 is 0 Å². The number of allylic oxidation sites excluding steroid dienone is 1. The Balaban J connectivity index is 1.74. The van der Waals surface area contributed by atoms with Crippen molar-refractivity contribution in [1.82, 2.24) is 4.98 Å². The molecule has 0 fully saturated rings. The third-order valence-corrected chi connectivity index (χ3v) is 4.50. The van der Waals surface area contributed by atoms with E-state index in [1.165, 1.54) is 36.5 Å². The summed E-state index contributed by atoms with van der Waals surface area (Å²) in [6, 6.07) is 9.75. The summed E-state index contributed by atoms with van der Waals surface area (Å²) in [5.74, 6) is -3.25. The van der Waals surface area contributed by atoms with Crippen LogP contribution in [0.5, 0.6) is 11.5 Å². The molecule has 0 aliphatic carbocycles. The Kier molecular flexibility index (Phi) is 7.63. The van der Waals surface area contributed by atoms with Gasteiger partial charge in [0.15, 0.2) is 23.1 Å². The number of alkyl halides is 4. The van der Waals surface area contributed by atoms with Crippen molar-refractivity contribution in [3.8, 4) is 22.6 Å². The third kappa shape index (κ3) is 6.27. The summed E-state index contributed by atoms with van der Waals surface area (Å²) in [6.07, 6.45) is -2.74. The molecule has 0 saturated heterocycles. The lowest BCUT2D eigenvalue weighted by atomic mass is 10.0. The highest BCUT2D eigenvalue weighted by Crippen LogP contribution is 2.33. The summed E-state index contributed by atoms with van der Waals surface area (Å²) in [5, 5.41) is 0. The Hall–Kier alpha value is -3.49. The average Bonchev–Trinajstić information content (AvgIpc) is 2.76. The van der Waals surface area contributed by atoms with Gasteiger partial charge in [-0.2, -0.15) is 8.78 Å². The van der Waals surface area contributed by atoms with Gasteiger partial charge < -0.3 is 9.47 Å². The lowest BCUT2D eigenvalue weighted by molar-refractivity contribution is -0.188. The predicted molar refractivity (Wildman–Crippen MR) is 110 cm³/mol. The topological polar surface area (TPSA) is 31.4 Å². The van der Waals surface area contributed by atoms with Crippen LogP contribution in [-0.2, 0) is 12.5 Å². The molecule has 0 N–H and O–H groups in total. The minimum Gasteiger partial charge on any atom is -0.459 e. The minimum atomic E-state index is -3.69. The summed E-state index contributed by atoms with van der Waals surface area (Å²) < 4.78 is 90.7. The number of benzene rings is 2. The fourth-order valence-electron chi connectivity index (χ4n) is 2.95. The smallest absolute Gasteiger partial charge is 0.444 e. The fourth-order valence-corrected chi connectivity index (χ4v) is 2.95. The van der Waals surface area contributed by atoms with Crippen LogP contribution in [0, 0.1) is 11.6 Å². The van der Waals surface area contributed by atoms with Crippen LogP contribution >= 0.6 is 0 Å². The molecule has 0 saturated carbocycles. The molecule has 0 aliphatic heterocycles. The average molecular weight is 467 g/mol. The zero-order chi connectivity index (χ0) is 24.0. The maximum absolute atomic E-state index is 14.4. The summed E-state index contributed by atoms with van der Waals surface area (Å²) in [5.41, 5.74) is 0.677. The first-order valence-corrected chi connectivity index (χ1v) is 9.92. The molecule has 3 aromatic rings. The van der Waals surface area contributed by atoms with Gasteiger partial charge in [-0.1, -0.05) is 31.5 Å². The normalized spacial score (nSPS) is 11.9. The molecular weight excluding hydrogens is 448 g/mol. The first kappa shape index (κ1) is 24.2. The van der Waals surface area contributed by atoms with Gasteiger partial charge in [0.05, 0.1) is 6.26 Å². The molecule has 3 rings (SSSR count). The van der Waals surface area contributed by atoms with Crippen LogP contribution in [0.15, 0.2) is 67.1 Å². The number of nitrogens with zero attached hydrogens (tertiary/aromatic N) is 1. The first-order valence-electron chi connectivity index (χ1n) is 9.92. The van der Waals surface area contributed by atoms with Gasteiger partial charge in [-0.25, -0.2) is 17.6 Å². The number of pyridine rings is 1. The molecule has 9 heteroatoms. The van der Waals surface area contributed by atoms with E-state index < -0.39 is 35.6 Å². The van der Waals surface area contributed by atoms with Crippen molar-refractivity contribution >= 4 is 0 Å². The van der Waals surface area contributed by atoms with Crippen LogP contribution in [-0.4, -0.2) is 11.4 Å². The van der Waals surface area contributed by atoms with Crippen molar-refractivity contribution in [2.75, 3.05) is 0 Å². The molecule has 0 aliphatic rings. The highest BCUT2D eigenvalue weighted by molar-refractivity contribution is 5.65. The van der Waals surface area contributed by atoms with Crippen molar-refractivity contribution in [2.45, 2.75) is 32.3 Å². The van der Waals surface area contributed by atoms with Gasteiger partial charge in [-0.15, -0.1) is 0 Å². The molecule has 0 unspecified atom stereocenters. The zero-order valence-electron chi connectivity index (χ0n) is 17.4. The largest absolute Gasteiger partial charge is 0.459 e. The van der Waals surface area contributed by atoms with Crippen LogP contribution < -0.4 is 9.47 Å². The molecule has 0 amide bonds. The van der Waals surface area contributed by atoms with Crippen molar-refractivity contribution in [3.05, 3.63) is 90.0 Å². The van der Waals surface area contributed by atoms with E-state index in [2.05, 4.69) is 9.72 Å². The Labute approximate surface area is 186 Å². The number of hydrogen-bond acceptors (Lipinski definition) is 3. The van der Waals surface area contributed by atoms with Crippen molar-refractivity contribution in [2.24, 2.45) is 0 Å². The standard InChI is InChI=1S/C24H19F6NO2/c1-2-3-15-4-9-21(31-14-15)24(29,30)33-18-7-5-16(6-8-18)17-12-19(25)23(20(26)13-17)32-11-10-22(27)28/h4-14,22H,2-3H2,1H3/b11-10+. The molecule has 0 bridgehead atoms. The van der Waals surface area contributed by atoms with Gasteiger partial charge in [0.1, 0.15) is 5.75 Å². The van der Waals surface area contributed by atoms with E-state index in [-0.39, 0.29) is 11.3 Å². The van der Waals surface area contributed by atoms with E-state index in [0.717, 1.165) is 30.5 Å². The van der Waals surface area contributed by atoms with E-state index in [0.29, 0.717) is 17.9 Å². The maximum Gasteiger partial charge on any atom is 0.444 e. The SMILES string of the molecule is CCCc1ccc(C(F)(F)Oc2ccc(-c3cc(F)c(O/C=C/C(F)F)c(F)c3)cc2)nc1. The molecule has 33 heavy (non-hydrogen) atoms. The van der Waals surface area contributed by atoms with Gasteiger partial charge in [0, 0.05) is 12.3 Å². The highest BCUT2D eigenvalue weighted by atomic mass is 19.3. The number of rotatable bonds is 9. The number of halogens is 6. The van der Waals surface area contributed by atoms with Crippen molar-refractivity contribution < 1.29 is 35.8 Å². The molecule has 0 spiro atoms. The van der Waals surface area contributed by atoms with E-state index in [1.54, 1.807) is 6.07 Å². The van der Waals surface area contributed by atoms with Gasteiger partial charge >= 0.3 is 6.11 Å². The number of aryl methyl sites for hydroxylation is 1. The van der Waals surface area contributed by atoms with Gasteiger partial charge in [0.25, 0.3) is 6.43 Å². The lowest BCUT2D eigenvalue weighted by Crippen LogP contribution is -2.23. The minimum absolute atomic E-state index is 0.0849. The van der Waals surface area contributed by atoms with Crippen molar-refractivity contribution in [1.29, 1.82) is 0 Å². The maximum atomic E-state index is 14.4. The molecule has 0 radical (unpaired) electrons. The van der Waals surface area contributed by atoms with Crippen LogP contribution in [0.1, 0.15) is 24.6 Å². The third-order valence-electron chi connectivity index (χ3n) is 4.50. The van der Waals surface area contributed by atoms with Gasteiger partial charge in [-0.05, 0) is 53.4 Å². The number of aromatic nitrogens is 1. The first-order chi connectivity index (χ1) is 15.7. The molecule has 0 atom stereocenters. The molecule has 1 heterocycles. The molecule has 174 valence electrons. The second-order valence-electron chi connectivity index (χ2n) is 6.99. The van der Waals surface area contributed by atoms with Crippen LogP contribution in [0.3, 0.4) is 0 Å². The molecule has 2 aromatic carbocycles. The predicted octanol–water partition coefficient (Wildman–Crippen LogP) is 7.27. The quantitative estimate of drug-likeness (QED) is 0.245. The highest BCUT2D eigenvalue weighted by Gasteiger charge is 2.36. The number of hydrogen-bond donors (Lipinski definition) is 0. The zero-order valence-corrected chi connectivity index (χ0v) is 17.4. The lowest BCUT2D eigenvalue weighted by Gasteiger charge is -2.18. The second-order valence-corrected chi connectivity index (χ2v) is 6.99. The van der Waals surface area contributed by atoms with E-state index in [1.807, 2.05) is 6.92 Å². The Morgan fingerprint density at radius 2 is 1.64 bits per heavy atom. The molecule has 1 aromatic heterocycles. The summed E-state index contributed by atoms with van der Waals surface area (Å²) in [7, 11) is 0. The van der Waals surface area contributed by atoms with Gasteiger partial charge in [0.2, 0.25) is 0 Å². The van der Waals surface area contributed by atoms with Crippen LogP contribution in [0.25, 0.3) is 11.1 Å². The van der Waals surface area contributed by atoms with Crippen molar-refractivity contribution in [3.63, 3.8) is 0 Å². The van der Waals surface area contributed by atoms with E-state index in [4.69, 9.17) is 4.74 Å². The molecule has 3 nitrogen and oxygen atoms in total. The fraction of sp³-hybridized carbons (Fsp3) is 0.208. The summed E-state index contributed by atoms with van der Waals surface area (Å²) >= 11 is 0. The summed E-state index contributed by atoms with van der Waals surface area (Å²) in [4.78, 5) is 3.77. The Morgan fingerprint density at radius 3 is 2.18 bits per heavy atom. The van der Waals surface area contributed by atoms with Gasteiger partial charge in [-0.3, -0.25) is 4.98 Å². The van der Waals surface area contributed by atoms with Crippen LogP contribution in [0.4, 0.5) is 26.3 Å². The molecular formula is C24H19F6NO2. The van der Waals surface area contributed by atoms with Crippen LogP contribution in [0.2, 0.25) is 0 Å².